The lowest BCUT2D eigenvalue weighted by Gasteiger charge is -2.41. The number of carbonyl (C=O) groups excluding carboxylic acids is 1. The lowest BCUT2D eigenvalue weighted by atomic mass is 10.1. The van der Waals surface area contributed by atoms with Gasteiger partial charge in [0.15, 0.2) is 5.76 Å². The highest BCUT2D eigenvalue weighted by atomic mass is 32.2. The summed E-state index contributed by atoms with van der Waals surface area (Å²) in [7, 11) is -3.81. The van der Waals surface area contributed by atoms with E-state index in [0.29, 0.717) is 13.1 Å². The van der Waals surface area contributed by atoms with Crippen molar-refractivity contribution >= 4 is 15.9 Å². The zero-order valence-electron chi connectivity index (χ0n) is 15.0. The molecule has 1 aromatic rings. The second-order valence-corrected chi connectivity index (χ2v) is 9.46. The van der Waals surface area contributed by atoms with Gasteiger partial charge in [0.1, 0.15) is 0 Å². The summed E-state index contributed by atoms with van der Waals surface area (Å²) in [6.07, 6.45) is -0.0987. The van der Waals surface area contributed by atoms with Gasteiger partial charge >= 0.3 is 0 Å². The van der Waals surface area contributed by atoms with Crippen molar-refractivity contribution in [2.75, 3.05) is 13.1 Å². The summed E-state index contributed by atoms with van der Waals surface area (Å²) >= 11 is 0. The Morgan fingerprint density at radius 2 is 1.96 bits per heavy atom. The Balaban J connectivity index is 2.20. The van der Waals surface area contributed by atoms with Crippen LogP contribution in [0.4, 0.5) is 0 Å². The Hall–Kier alpha value is -1.38. The monoisotopic (exact) mass is 358 g/mol. The molecular formula is C16H26N2O5S. The number of ether oxygens (including phenoxy) is 1. The number of hydrogen-bond acceptors (Lipinski definition) is 5. The summed E-state index contributed by atoms with van der Waals surface area (Å²) in [6, 6.07) is 2.70. The Morgan fingerprint density at radius 3 is 2.50 bits per heavy atom. The van der Waals surface area contributed by atoms with Crippen LogP contribution in [0.3, 0.4) is 0 Å². The van der Waals surface area contributed by atoms with Crippen LogP contribution in [-0.2, 0) is 14.8 Å². The minimum absolute atomic E-state index is 0.00850. The highest BCUT2D eigenvalue weighted by Gasteiger charge is 2.35. The predicted octanol–water partition coefficient (Wildman–Crippen LogP) is 2.00. The van der Waals surface area contributed by atoms with Crippen LogP contribution in [0.5, 0.6) is 0 Å². The maximum Gasteiger partial charge on any atom is 0.289 e. The molecule has 0 saturated carbocycles. The molecule has 7 nitrogen and oxygen atoms in total. The molecule has 1 aromatic heterocycles. The Bertz CT molecular complexity index is 715. The van der Waals surface area contributed by atoms with Crippen molar-refractivity contribution < 1.29 is 22.4 Å². The molecule has 1 fully saturated rings. The van der Waals surface area contributed by atoms with Gasteiger partial charge in [0.25, 0.3) is 15.9 Å². The molecule has 1 aliphatic heterocycles. The van der Waals surface area contributed by atoms with Crippen molar-refractivity contribution in [3.8, 4) is 0 Å². The third-order valence-electron chi connectivity index (χ3n) is 3.35. The first-order valence-electron chi connectivity index (χ1n) is 7.90. The van der Waals surface area contributed by atoms with Crippen molar-refractivity contribution in [1.29, 1.82) is 0 Å². The summed E-state index contributed by atoms with van der Waals surface area (Å²) in [5, 5.41) is -0.263. The van der Waals surface area contributed by atoms with Gasteiger partial charge in [-0.3, -0.25) is 4.79 Å². The third kappa shape index (κ3) is 4.58. The standard InChI is InChI=1S/C16H26N2O5S/c1-11-9-18(10-16(5,6)23-11)14(19)12-7-8-13(22-12)24(20,21)17-15(2,3)4/h7-8,11,17H,9-10H2,1-6H3. The quantitative estimate of drug-likeness (QED) is 0.893. The van der Waals surface area contributed by atoms with E-state index in [1.807, 2.05) is 20.8 Å². The van der Waals surface area contributed by atoms with Crippen LogP contribution in [0.25, 0.3) is 0 Å². The van der Waals surface area contributed by atoms with E-state index in [0.717, 1.165) is 0 Å². The molecule has 0 aliphatic carbocycles. The van der Waals surface area contributed by atoms with E-state index in [-0.39, 0.29) is 22.9 Å². The molecule has 8 heteroatoms. The van der Waals surface area contributed by atoms with Gasteiger partial charge in [0, 0.05) is 18.6 Å². The molecule has 1 unspecified atom stereocenters. The summed E-state index contributed by atoms with van der Waals surface area (Å²) in [6.45, 7) is 11.8. The molecule has 1 saturated heterocycles. The lowest BCUT2D eigenvalue weighted by Crippen LogP contribution is -2.53. The number of amides is 1. The van der Waals surface area contributed by atoms with Gasteiger partial charge in [-0.15, -0.1) is 0 Å². The average molecular weight is 358 g/mol. The minimum atomic E-state index is -3.81. The summed E-state index contributed by atoms with van der Waals surface area (Å²) in [5.74, 6) is -0.329. The average Bonchev–Trinajstić information content (AvgIpc) is 2.82. The van der Waals surface area contributed by atoms with Gasteiger partial charge in [0.05, 0.1) is 11.7 Å². The van der Waals surface area contributed by atoms with Crippen LogP contribution in [0.1, 0.15) is 52.1 Å². The number of nitrogens with zero attached hydrogens (tertiary/aromatic N) is 1. The number of furan rings is 1. The van der Waals surface area contributed by atoms with Gasteiger partial charge < -0.3 is 14.1 Å². The van der Waals surface area contributed by atoms with Gasteiger partial charge in [-0.1, -0.05) is 0 Å². The molecule has 24 heavy (non-hydrogen) atoms. The Labute approximate surface area is 143 Å². The fourth-order valence-corrected chi connectivity index (χ4v) is 4.15. The molecule has 0 aromatic carbocycles. The first-order chi connectivity index (χ1) is 10.8. The van der Waals surface area contributed by atoms with Crippen molar-refractivity contribution in [1.82, 2.24) is 9.62 Å². The zero-order valence-corrected chi connectivity index (χ0v) is 15.9. The molecule has 0 spiro atoms. The van der Waals surface area contributed by atoms with Crippen molar-refractivity contribution in [3.05, 3.63) is 17.9 Å². The van der Waals surface area contributed by atoms with E-state index < -0.39 is 21.2 Å². The molecular weight excluding hydrogens is 332 g/mol. The van der Waals surface area contributed by atoms with Crippen LogP contribution in [0, 0.1) is 0 Å². The number of nitrogens with one attached hydrogen (secondary N) is 1. The normalized spacial score (nSPS) is 21.8. The lowest BCUT2D eigenvalue weighted by molar-refractivity contribution is -0.119. The first kappa shape index (κ1) is 19.0. The van der Waals surface area contributed by atoms with Crippen LogP contribution in [0.15, 0.2) is 21.6 Å². The molecule has 2 rings (SSSR count). The Morgan fingerprint density at radius 1 is 1.33 bits per heavy atom. The SMILES string of the molecule is CC1CN(C(=O)c2ccc(S(=O)(=O)NC(C)(C)C)o2)CC(C)(C)O1. The number of morpholine rings is 1. The fourth-order valence-electron chi connectivity index (χ4n) is 2.80. The van der Waals surface area contributed by atoms with Gasteiger partial charge in [-0.25, -0.2) is 13.1 Å². The molecule has 1 aliphatic rings. The van der Waals surface area contributed by atoms with E-state index in [1.165, 1.54) is 12.1 Å². The summed E-state index contributed by atoms with van der Waals surface area (Å²) < 4.78 is 38.1. The first-order valence-corrected chi connectivity index (χ1v) is 9.38. The number of rotatable bonds is 3. The van der Waals surface area contributed by atoms with Gasteiger partial charge in [-0.05, 0) is 53.7 Å². The molecule has 1 N–H and O–H groups in total. The zero-order chi connectivity index (χ0) is 18.3. The van der Waals surface area contributed by atoms with E-state index >= 15 is 0 Å². The smallest absolute Gasteiger partial charge is 0.289 e. The number of carbonyl (C=O) groups is 1. The predicted molar refractivity (Wildman–Crippen MR) is 89.3 cm³/mol. The highest BCUT2D eigenvalue weighted by Crippen LogP contribution is 2.24. The van der Waals surface area contributed by atoms with Crippen LogP contribution in [-0.4, -0.2) is 49.6 Å². The van der Waals surface area contributed by atoms with Crippen molar-refractivity contribution in [3.63, 3.8) is 0 Å². The topological polar surface area (TPSA) is 88.9 Å². The molecule has 136 valence electrons. The molecule has 2 heterocycles. The molecule has 0 radical (unpaired) electrons. The van der Waals surface area contributed by atoms with Crippen molar-refractivity contribution in [2.24, 2.45) is 0 Å². The van der Waals surface area contributed by atoms with E-state index in [9.17, 15) is 13.2 Å². The number of sulfonamides is 1. The second-order valence-electron chi connectivity index (χ2n) is 7.85. The largest absolute Gasteiger partial charge is 0.438 e. The summed E-state index contributed by atoms with van der Waals surface area (Å²) in [4.78, 5) is 14.2. The minimum Gasteiger partial charge on any atom is -0.438 e. The second kappa shape index (κ2) is 6.16. The molecule has 1 atom stereocenters. The Kier molecular flexibility index (Phi) is 4.87. The highest BCUT2D eigenvalue weighted by molar-refractivity contribution is 7.89. The van der Waals surface area contributed by atoms with Crippen LogP contribution >= 0.6 is 0 Å². The van der Waals surface area contributed by atoms with E-state index in [4.69, 9.17) is 9.15 Å². The maximum absolute atomic E-state index is 12.6. The van der Waals surface area contributed by atoms with E-state index in [2.05, 4.69) is 4.72 Å². The fraction of sp³-hybridized carbons (Fsp3) is 0.688. The number of hydrogen-bond donors (Lipinski definition) is 1. The van der Waals surface area contributed by atoms with Gasteiger partial charge in [-0.2, -0.15) is 0 Å². The van der Waals surface area contributed by atoms with Crippen molar-refractivity contribution in [2.45, 2.75) is 63.9 Å². The maximum atomic E-state index is 12.6. The van der Waals surface area contributed by atoms with Crippen LogP contribution < -0.4 is 4.72 Å². The van der Waals surface area contributed by atoms with E-state index in [1.54, 1.807) is 25.7 Å². The molecule has 0 bridgehead atoms. The van der Waals surface area contributed by atoms with Gasteiger partial charge in [0.2, 0.25) is 5.09 Å². The molecule has 1 amide bonds. The third-order valence-corrected chi connectivity index (χ3v) is 4.98. The van der Waals surface area contributed by atoms with Crippen LogP contribution in [0.2, 0.25) is 0 Å². The summed E-state index contributed by atoms with van der Waals surface area (Å²) in [5.41, 5.74) is -1.10.